The molecule has 6 nitrogen and oxygen atoms in total. The van der Waals surface area contributed by atoms with Gasteiger partial charge in [-0.2, -0.15) is 0 Å². The molecular formula is C15H27N3O3. The topological polar surface area (TPSA) is 78.5 Å². The number of hydrogen-bond acceptors (Lipinski definition) is 3. The summed E-state index contributed by atoms with van der Waals surface area (Å²) in [5.41, 5.74) is -0.327. The van der Waals surface area contributed by atoms with Crippen LogP contribution in [0.1, 0.15) is 47.5 Å². The van der Waals surface area contributed by atoms with E-state index in [1.807, 2.05) is 20.8 Å². The zero-order chi connectivity index (χ0) is 16.2. The second-order valence-corrected chi connectivity index (χ2v) is 6.77. The fourth-order valence-electron chi connectivity index (χ4n) is 2.35. The highest BCUT2D eigenvalue weighted by Gasteiger charge is 2.29. The SMILES string of the molecule is CC(=O)N1CCCC(C(=O)NC(C)C(=O)NC(C)(C)C)C1. The summed E-state index contributed by atoms with van der Waals surface area (Å²) in [6, 6.07) is -0.579. The first-order chi connectivity index (χ1) is 9.60. The van der Waals surface area contributed by atoms with Crippen LogP contribution in [0.5, 0.6) is 0 Å². The van der Waals surface area contributed by atoms with Crippen LogP contribution in [0.4, 0.5) is 0 Å². The normalized spacial score (nSPS) is 20.6. The molecule has 21 heavy (non-hydrogen) atoms. The van der Waals surface area contributed by atoms with Crippen molar-refractivity contribution in [2.45, 2.75) is 59.0 Å². The van der Waals surface area contributed by atoms with Crippen molar-refractivity contribution < 1.29 is 14.4 Å². The predicted octanol–water partition coefficient (Wildman–Crippen LogP) is 0.664. The third kappa shape index (κ3) is 5.73. The molecule has 1 saturated heterocycles. The molecule has 120 valence electrons. The van der Waals surface area contributed by atoms with Crippen LogP contribution in [-0.2, 0) is 14.4 Å². The van der Waals surface area contributed by atoms with Crippen molar-refractivity contribution in [2.24, 2.45) is 5.92 Å². The molecule has 6 heteroatoms. The van der Waals surface area contributed by atoms with E-state index in [2.05, 4.69) is 10.6 Å². The number of nitrogens with zero attached hydrogens (tertiary/aromatic N) is 1. The molecule has 0 aromatic heterocycles. The first-order valence-corrected chi connectivity index (χ1v) is 7.48. The van der Waals surface area contributed by atoms with Gasteiger partial charge in [-0.1, -0.05) is 0 Å². The minimum atomic E-state index is -0.579. The molecule has 1 heterocycles. The van der Waals surface area contributed by atoms with E-state index in [1.165, 1.54) is 6.92 Å². The van der Waals surface area contributed by atoms with Gasteiger partial charge in [0.1, 0.15) is 6.04 Å². The van der Waals surface area contributed by atoms with Gasteiger partial charge in [0.25, 0.3) is 0 Å². The molecule has 2 unspecified atom stereocenters. The van der Waals surface area contributed by atoms with Crippen molar-refractivity contribution in [1.29, 1.82) is 0 Å². The summed E-state index contributed by atoms with van der Waals surface area (Å²) in [5, 5.41) is 5.58. The average molecular weight is 297 g/mol. The molecule has 0 radical (unpaired) electrons. The summed E-state index contributed by atoms with van der Waals surface area (Å²) in [4.78, 5) is 37.2. The maximum absolute atomic E-state index is 12.2. The molecule has 0 saturated carbocycles. The molecule has 1 rings (SSSR count). The van der Waals surface area contributed by atoms with Gasteiger partial charge in [-0.05, 0) is 40.5 Å². The molecule has 1 fully saturated rings. The highest BCUT2D eigenvalue weighted by atomic mass is 16.2. The second kappa shape index (κ2) is 6.91. The predicted molar refractivity (Wildman–Crippen MR) is 80.5 cm³/mol. The van der Waals surface area contributed by atoms with E-state index in [9.17, 15) is 14.4 Å². The molecule has 1 aliphatic heterocycles. The van der Waals surface area contributed by atoms with Crippen LogP contribution in [0, 0.1) is 5.92 Å². The fraction of sp³-hybridized carbons (Fsp3) is 0.800. The van der Waals surface area contributed by atoms with Gasteiger partial charge in [-0.3, -0.25) is 14.4 Å². The Bertz CT molecular complexity index is 415. The molecule has 0 bridgehead atoms. The van der Waals surface area contributed by atoms with Crippen LogP contribution < -0.4 is 10.6 Å². The fourth-order valence-corrected chi connectivity index (χ4v) is 2.35. The maximum Gasteiger partial charge on any atom is 0.242 e. The summed E-state index contributed by atoms with van der Waals surface area (Å²) in [7, 11) is 0. The number of nitrogens with one attached hydrogen (secondary N) is 2. The summed E-state index contributed by atoms with van der Waals surface area (Å²) in [5.74, 6) is -0.592. The summed E-state index contributed by atoms with van der Waals surface area (Å²) in [6.45, 7) is 10.0. The van der Waals surface area contributed by atoms with Crippen molar-refractivity contribution in [3.05, 3.63) is 0 Å². The monoisotopic (exact) mass is 297 g/mol. The molecule has 0 aromatic rings. The Morgan fingerprint density at radius 1 is 1.24 bits per heavy atom. The molecule has 0 aliphatic carbocycles. The second-order valence-electron chi connectivity index (χ2n) is 6.77. The number of hydrogen-bond donors (Lipinski definition) is 2. The lowest BCUT2D eigenvalue weighted by atomic mass is 9.96. The van der Waals surface area contributed by atoms with Gasteiger partial charge in [0.2, 0.25) is 17.7 Å². The van der Waals surface area contributed by atoms with Gasteiger partial charge in [0.05, 0.1) is 5.92 Å². The number of rotatable bonds is 3. The quantitative estimate of drug-likeness (QED) is 0.803. The lowest BCUT2D eigenvalue weighted by Crippen LogP contribution is -2.53. The van der Waals surface area contributed by atoms with Gasteiger partial charge >= 0.3 is 0 Å². The van der Waals surface area contributed by atoms with E-state index in [4.69, 9.17) is 0 Å². The van der Waals surface area contributed by atoms with Crippen LogP contribution in [-0.4, -0.2) is 47.3 Å². The Morgan fingerprint density at radius 3 is 2.38 bits per heavy atom. The molecule has 0 aromatic carbocycles. The molecule has 2 N–H and O–H groups in total. The summed E-state index contributed by atoms with van der Waals surface area (Å²) in [6.07, 6.45) is 1.57. The molecule has 0 spiro atoms. The minimum absolute atomic E-state index is 0.00831. The average Bonchev–Trinajstić information content (AvgIpc) is 2.36. The largest absolute Gasteiger partial charge is 0.350 e. The van der Waals surface area contributed by atoms with Crippen LogP contribution in [0.3, 0.4) is 0 Å². The lowest BCUT2D eigenvalue weighted by Gasteiger charge is -2.32. The smallest absolute Gasteiger partial charge is 0.242 e. The highest BCUT2D eigenvalue weighted by Crippen LogP contribution is 2.16. The number of carbonyl (C=O) groups is 3. The summed E-state index contributed by atoms with van der Waals surface area (Å²) >= 11 is 0. The van der Waals surface area contributed by atoms with E-state index in [0.717, 1.165) is 12.8 Å². The van der Waals surface area contributed by atoms with Gasteiger partial charge in [0.15, 0.2) is 0 Å². The number of piperidine rings is 1. The first kappa shape index (κ1) is 17.5. The van der Waals surface area contributed by atoms with Crippen LogP contribution >= 0.6 is 0 Å². The van der Waals surface area contributed by atoms with E-state index < -0.39 is 6.04 Å². The van der Waals surface area contributed by atoms with Gasteiger partial charge in [-0.25, -0.2) is 0 Å². The lowest BCUT2D eigenvalue weighted by molar-refractivity contribution is -0.136. The Balaban J connectivity index is 2.52. The molecule has 1 aliphatic rings. The van der Waals surface area contributed by atoms with E-state index in [0.29, 0.717) is 13.1 Å². The van der Waals surface area contributed by atoms with Crippen LogP contribution in [0.25, 0.3) is 0 Å². The van der Waals surface area contributed by atoms with Crippen LogP contribution in [0.2, 0.25) is 0 Å². The highest BCUT2D eigenvalue weighted by molar-refractivity contribution is 5.88. The molecular weight excluding hydrogens is 270 g/mol. The van der Waals surface area contributed by atoms with Gasteiger partial charge < -0.3 is 15.5 Å². The van der Waals surface area contributed by atoms with Crippen molar-refractivity contribution in [3.63, 3.8) is 0 Å². The zero-order valence-corrected chi connectivity index (χ0v) is 13.7. The molecule has 2 atom stereocenters. The van der Waals surface area contributed by atoms with Crippen molar-refractivity contribution in [1.82, 2.24) is 15.5 Å². The Hall–Kier alpha value is -1.59. The van der Waals surface area contributed by atoms with Gasteiger partial charge in [0, 0.05) is 25.6 Å². The van der Waals surface area contributed by atoms with E-state index >= 15 is 0 Å². The summed E-state index contributed by atoms with van der Waals surface area (Å²) < 4.78 is 0. The third-order valence-corrected chi connectivity index (χ3v) is 3.49. The van der Waals surface area contributed by atoms with Crippen LogP contribution in [0.15, 0.2) is 0 Å². The zero-order valence-electron chi connectivity index (χ0n) is 13.7. The minimum Gasteiger partial charge on any atom is -0.350 e. The first-order valence-electron chi connectivity index (χ1n) is 7.48. The Kier molecular flexibility index (Phi) is 5.75. The van der Waals surface area contributed by atoms with Crippen molar-refractivity contribution >= 4 is 17.7 Å². The number of amides is 3. The van der Waals surface area contributed by atoms with Crippen molar-refractivity contribution in [2.75, 3.05) is 13.1 Å². The Labute approximate surface area is 126 Å². The van der Waals surface area contributed by atoms with E-state index in [1.54, 1.807) is 11.8 Å². The number of likely N-dealkylation sites (tertiary alicyclic amines) is 1. The molecule has 3 amide bonds. The standard InChI is InChI=1S/C15H27N3O3/c1-10(13(20)17-15(3,4)5)16-14(21)12-7-6-8-18(9-12)11(2)19/h10,12H,6-9H2,1-5H3,(H,16,21)(H,17,20). The maximum atomic E-state index is 12.2. The van der Waals surface area contributed by atoms with Gasteiger partial charge in [-0.15, -0.1) is 0 Å². The van der Waals surface area contributed by atoms with Crippen molar-refractivity contribution in [3.8, 4) is 0 Å². The number of carbonyl (C=O) groups excluding carboxylic acids is 3. The Morgan fingerprint density at radius 2 is 1.86 bits per heavy atom. The van der Waals surface area contributed by atoms with E-state index in [-0.39, 0.29) is 29.2 Å². The third-order valence-electron chi connectivity index (χ3n) is 3.49.